The summed E-state index contributed by atoms with van der Waals surface area (Å²) in [7, 11) is -6.40. The molecule has 23 heavy (non-hydrogen) atoms. The van der Waals surface area contributed by atoms with Crippen molar-refractivity contribution in [3.63, 3.8) is 0 Å². The van der Waals surface area contributed by atoms with Crippen molar-refractivity contribution >= 4 is 31.5 Å². The van der Waals surface area contributed by atoms with E-state index in [4.69, 9.17) is 0 Å². The summed E-state index contributed by atoms with van der Waals surface area (Å²) in [5.41, 5.74) is 0.897. The van der Waals surface area contributed by atoms with Gasteiger partial charge >= 0.3 is 0 Å². The first kappa shape index (κ1) is 17.7. The molecule has 1 aromatic carbocycles. The van der Waals surface area contributed by atoms with Gasteiger partial charge in [0, 0.05) is 24.9 Å². The van der Waals surface area contributed by atoms with E-state index in [-0.39, 0.29) is 24.0 Å². The maximum atomic E-state index is 12.0. The van der Waals surface area contributed by atoms with Crippen molar-refractivity contribution in [3.05, 3.63) is 29.8 Å². The molecule has 1 saturated heterocycles. The van der Waals surface area contributed by atoms with Gasteiger partial charge < -0.3 is 5.32 Å². The number of hydrogen-bond acceptors (Lipinski definition) is 5. The maximum absolute atomic E-state index is 12.0. The molecule has 1 N–H and O–H groups in total. The van der Waals surface area contributed by atoms with Crippen LogP contribution in [0.1, 0.15) is 23.2 Å². The summed E-state index contributed by atoms with van der Waals surface area (Å²) in [5, 5.41) is 2.52. The minimum Gasteiger partial charge on any atom is -0.351 e. The van der Waals surface area contributed by atoms with Crippen LogP contribution >= 0.6 is 0 Å². The van der Waals surface area contributed by atoms with Crippen molar-refractivity contribution < 1.29 is 21.6 Å². The molecular formula is C14H20N2O5S2. The van der Waals surface area contributed by atoms with Gasteiger partial charge in [0.1, 0.15) is 9.84 Å². The van der Waals surface area contributed by atoms with Crippen LogP contribution in [-0.2, 0) is 19.9 Å². The Kier molecular flexibility index (Phi) is 5.30. The van der Waals surface area contributed by atoms with Crippen LogP contribution in [0.5, 0.6) is 0 Å². The van der Waals surface area contributed by atoms with Crippen LogP contribution < -0.4 is 9.62 Å². The van der Waals surface area contributed by atoms with Gasteiger partial charge in [0.15, 0.2) is 0 Å². The minimum absolute atomic E-state index is 0.0416. The number of rotatable bonds is 5. The number of hydrogen-bond donors (Lipinski definition) is 1. The van der Waals surface area contributed by atoms with E-state index >= 15 is 0 Å². The first-order chi connectivity index (χ1) is 10.7. The highest BCUT2D eigenvalue weighted by Gasteiger charge is 2.25. The average molecular weight is 360 g/mol. The van der Waals surface area contributed by atoms with Crippen LogP contribution in [0.15, 0.2) is 24.3 Å². The smallest absolute Gasteiger partial charge is 0.251 e. The second-order valence-corrected chi connectivity index (χ2v) is 9.80. The average Bonchev–Trinajstić information content (AvgIpc) is 2.45. The predicted octanol–water partition coefficient (Wildman–Crippen LogP) is 0.391. The summed E-state index contributed by atoms with van der Waals surface area (Å²) in [6.07, 6.45) is 2.58. The Balaban J connectivity index is 2.03. The van der Waals surface area contributed by atoms with Crippen molar-refractivity contribution in [1.29, 1.82) is 0 Å². The van der Waals surface area contributed by atoms with E-state index in [1.165, 1.54) is 16.4 Å². The van der Waals surface area contributed by atoms with Gasteiger partial charge in [0.05, 0.1) is 17.2 Å². The quantitative estimate of drug-likeness (QED) is 0.819. The van der Waals surface area contributed by atoms with Gasteiger partial charge in [-0.15, -0.1) is 0 Å². The van der Waals surface area contributed by atoms with Crippen LogP contribution in [-0.4, -0.2) is 53.6 Å². The Morgan fingerprint density at radius 3 is 2.43 bits per heavy atom. The molecule has 1 amide bonds. The normalized spacial score (nSPS) is 17.7. The lowest BCUT2D eigenvalue weighted by Gasteiger charge is -2.28. The van der Waals surface area contributed by atoms with Crippen LogP contribution in [0.4, 0.5) is 5.69 Å². The fraction of sp³-hybridized carbons (Fsp3) is 0.500. The van der Waals surface area contributed by atoms with Crippen LogP contribution in [0, 0.1) is 0 Å². The Hall–Kier alpha value is -1.61. The molecule has 0 bridgehead atoms. The number of carbonyl (C=O) groups is 1. The van der Waals surface area contributed by atoms with Gasteiger partial charge in [-0.05, 0) is 37.1 Å². The molecule has 9 heteroatoms. The van der Waals surface area contributed by atoms with E-state index in [1.54, 1.807) is 12.1 Å². The molecule has 1 fully saturated rings. The van der Waals surface area contributed by atoms with Crippen molar-refractivity contribution in [2.45, 2.75) is 12.8 Å². The van der Waals surface area contributed by atoms with E-state index in [0.29, 0.717) is 24.2 Å². The zero-order chi connectivity index (χ0) is 17.1. The number of carbonyl (C=O) groups excluding carboxylic acids is 1. The second kappa shape index (κ2) is 6.88. The molecule has 7 nitrogen and oxygen atoms in total. The third-order valence-electron chi connectivity index (χ3n) is 3.53. The third-order valence-corrected chi connectivity index (χ3v) is 6.34. The van der Waals surface area contributed by atoms with Crippen molar-refractivity contribution in [2.24, 2.45) is 0 Å². The summed E-state index contributed by atoms with van der Waals surface area (Å²) in [6, 6.07) is 6.26. The Morgan fingerprint density at radius 1 is 1.22 bits per heavy atom. The first-order valence-corrected chi connectivity index (χ1v) is 10.9. The topological polar surface area (TPSA) is 101 Å². The number of amides is 1. The molecule has 0 aliphatic carbocycles. The fourth-order valence-corrected chi connectivity index (χ4v) is 4.42. The number of sulfonamides is 1. The SMILES string of the molecule is CS(=O)(=O)CCNC(=O)c1ccc(N2CCCCS2(=O)=O)cc1. The summed E-state index contributed by atoms with van der Waals surface area (Å²) in [6.45, 7) is 0.488. The summed E-state index contributed by atoms with van der Waals surface area (Å²) in [4.78, 5) is 11.9. The Labute approximate surface area is 136 Å². The van der Waals surface area contributed by atoms with E-state index < -0.39 is 19.9 Å². The zero-order valence-corrected chi connectivity index (χ0v) is 14.5. The first-order valence-electron chi connectivity index (χ1n) is 7.25. The lowest BCUT2D eigenvalue weighted by molar-refractivity contribution is 0.0956. The summed E-state index contributed by atoms with van der Waals surface area (Å²) < 4.78 is 47.4. The molecule has 0 radical (unpaired) electrons. The lowest BCUT2D eigenvalue weighted by Crippen LogP contribution is -2.37. The van der Waals surface area contributed by atoms with E-state index in [1.807, 2.05) is 0 Å². The zero-order valence-electron chi connectivity index (χ0n) is 12.9. The molecule has 1 aromatic rings. The largest absolute Gasteiger partial charge is 0.351 e. The molecule has 128 valence electrons. The number of sulfone groups is 1. The molecule has 0 spiro atoms. The summed E-state index contributed by atoms with van der Waals surface area (Å²) in [5.74, 6) is -0.370. The molecule has 1 aliphatic heterocycles. The van der Waals surface area contributed by atoms with Gasteiger partial charge in [0.2, 0.25) is 10.0 Å². The lowest BCUT2D eigenvalue weighted by atomic mass is 10.2. The Morgan fingerprint density at radius 2 is 1.87 bits per heavy atom. The monoisotopic (exact) mass is 360 g/mol. The van der Waals surface area contributed by atoms with Crippen molar-refractivity contribution in [3.8, 4) is 0 Å². The standard InChI is InChI=1S/C14H20N2O5S2/c1-22(18,19)11-8-15-14(17)12-4-6-13(7-5-12)16-9-2-3-10-23(16,20)21/h4-7H,2-3,8-11H2,1H3,(H,15,17). The molecular weight excluding hydrogens is 340 g/mol. The summed E-state index contributed by atoms with van der Waals surface area (Å²) >= 11 is 0. The minimum atomic E-state index is -3.27. The van der Waals surface area contributed by atoms with Gasteiger partial charge in [0.25, 0.3) is 5.91 Å². The van der Waals surface area contributed by atoms with E-state index in [9.17, 15) is 21.6 Å². The third kappa shape index (κ3) is 4.93. The highest BCUT2D eigenvalue weighted by Crippen LogP contribution is 2.23. The van der Waals surface area contributed by atoms with Gasteiger partial charge in [-0.25, -0.2) is 16.8 Å². The van der Waals surface area contributed by atoms with Gasteiger partial charge in [-0.2, -0.15) is 0 Å². The van der Waals surface area contributed by atoms with E-state index in [0.717, 1.165) is 12.7 Å². The molecule has 1 aliphatic rings. The maximum Gasteiger partial charge on any atom is 0.251 e. The number of nitrogens with zero attached hydrogens (tertiary/aromatic N) is 1. The number of nitrogens with one attached hydrogen (secondary N) is 1. The second-order valence-electron chi connectivity index (χ2n) is 5.53. The van der Waals surface area contributed by atoms with Crippen molar-refractivity contribution in [1.82, 2.24) is 5.32 Å². The molecule has 2 rings (SSSR count). The molecule has 1 heterocycles. The van der Waals surface area contributed by atoms with Crippen LogP contribution in [0.2, 0.25) is 0 Å². The van der Waals surface area contributed by atoms with Gasteiger partial charge in [-0.1, -0.05) is 0 Å². The van der Waals surface area contributed by atoms with Crippen molar-refractivity contribution in [2.75, 3.05) is 35.2 Å². The highest BCUT2D eigenvalue weighted by atomic mass is 32.2. The Bertz CT molecular complexity index is 770. The van der Waals surface area contributed by atoms with Gasteiger partial charge in [-0.3, -0.25) is 9.10 Å². The molecule has 0 unspecified atom stereocenters. The fourth-order valence-electron chi connectivity index (χ4n) is 2.31. The van der Waals surface area contributed by atoms with Crippen LogP contribution in [0.25, 0.3) is 0 Å². The predicted molar refractivity (Wildman–Crippen MR) is 88.9 cm³/mol. The molecule has 0 saturated carbocycles. The molecule has 0 aromatic heterocycles. The highest BCUT2D eigenvalue weighted by molar-refractivity contribution is 7.92. The number of benzene rings is 1. The molecule has 0 atom stereocenters. The van der Waals surface area contributed by atoms with Crippen LogP contribution in [0.3, 0.4) is 0 Å². The number of anilines is 1. The van der Waals surface area contributed by atoms with E-state index in [2.05, 4.69) is 5.32 Å².